The van der Waals surface area contributed by atoms with Gasteiger partial charge in [0.2, 0.25) is 0 Å². The summed E-state index contributed by atoms with van der Waals surface area (Å²) in [5.41, 5.74) is 2.70. The molecule has 2 heterocycles. The van der Waals surface area contributed by atoms with Crippen molar-refractivity contribution in [2.24, 2.45) is 0 Å². The fourth-order valence-electron chi connectivity index (χ4n) is 2.05. The first-order chi connectivity index (χ1) is 10.9. The fraction of sp³-hybridized carbons (Fsp3) is 0.125. The molecule has 1 aromatic carbocycles. The summed E-state index contributed by atoms with van der Waals surface area (Å²) in [5.74, 6) is 0. The highest BCUT2D eigenvalue weighted by Crippen LogP contribution is 2.30. The van der Waals surface area contributed by atoms with Crippen molar-refractivity contribution in [1.82, 2.24) is 9.97 Å². The average Bonchev–Trinajstić information content (AvgIpc) is 2.95. The number of hydrogen-bond acceptors (Lipinski definition) is 6. The number of nitrogens with one attached hydrogen (secondary N) is 1. The van der Waals surface area contributed by atoms with E-state index in [1.54, 1.807) is 36.7 Å². The standard InChI is InChI=1S/C16H15N3O2S2/c1-11-6-7-17-14(8-11)15-10-18-16(22-15)19-12-4-3-5-13(9-12)23(2,20)21/h3-10H,1-2H3,(H,18,19). The Morgan fingerprint density at radius 2 is 1.96 bits per heavy atom. The van der Waals surface area contributed by atoms with Crippen LogP contribution in [0.2, 0.25) is 0 Å². The van der Waals surface area contributed by atoms with E-state index < -0.39 is 9.84 Å². The summed E-state index contributed by atoms with van der Waals surface area (Å²) in [4.78, 5) is 9.90. The number of sulfone groups is 1. The number of aromatic nitrogens is 2. The maximum Gasteiger partial charge on any atom is 0.187 e. The monoisotopic (exact) mass is 345 g/mol. The van der Waals surface area contributed by atoms with Gasteiger partial charge in [-0.3, -0.25) is 4.98 Å². The van der Waals surface area contributed by atoms with E-state index in [2.05, 4.69) is 15.3 Å². The molecule has 3 aromatic rings. The summed E-state index contributed by atoms with van der Waals surface area (Å²) in [6.45, 7) is 2.02. The van der Waals surface area contributed by atoms with Gasteiger partial charge < -0.3 is 5.32 Å². The van der Waals surface area contributed by atoms with E-state index in [1.165, 1.54) is 17.6 Å². The van der Waals surface area contributed by atoms with Gasteiger partial charge in [-0.05, 0) is 42.8 Å². The lowest BCUT2D eigenvalue weighted by Crippen LogP contribution is -1.98. The van der Waals surface area contributed by atoms with Crippen molar-refractivity contribution < 1.29 is 8.42 Å². The highest BCUT2D eigenvalue weighted by Gasteiger charge is 2.09. The number of nitrogens with zero attached hydrogens (tertiary/aromatic N) is 2. The third kappa shape index (κ3) is 3.75. The molecular formula is C16H15N3O2S2. The minimum atomic E-state index is -3.23. The van der Waals surface area contributed by atoms with E-state index in [4.69, 9.17) is 0 Å². The first kappa shape index (κ1) is 15.6. The fourth-order valence-corrected chi connectivity index (χ4v) is 3.52. The molecule has 23 heavy (non-hydrogen) atoms. The maximum absolute atomic E-state index is 11.6. The number of pyridine rings is 1. The summed E-state index contributed by atoms with van der Waals surface area (Å²) in [6, 6.07) is 10.6. The summed E-state index contributed by atoms with van der Waals surface area (Å²) >= 11 is 1.47. The van der Waals surface area contributed by atoms with E-state index in [1.807, 2.05) is 19.1 Å². The average molecular weight is 345 g/mol. The highest BCUT2D eigenvalue weighted by atomic mass is 32.2. The molecule has 0 atom stereocenters. The van der Waals surface area contributed by atoms with Gasteiger partial charge in [0.1, 0.15) is 0 Å². The smallest absolute Gasteiger partial charge is 0.187 e. The van der Waals surface area contributed by atoms with Crippen molar-refractivity contribution in [3.8, 4) is 10.6 Å². The predicted molar refractivity (Wildman–Crippen MR) is 92.9 cm³/mol. The van der Waals surface area contributed by atoms with Crippen molar-refractivity contribution in [1.29, 1.82) is 0 Å². The Labute approximate surface area is 139 Å². The summed E-state index contributed by atoms with van der Waals surface area (Å²) in [6.07, 6.45) is 4.72. The molecule has 5 nitrogen and oxygen atoms in total. The molecular weight excluding hydrogens is 330 g/mol. The lowest BCUT2D eigenvalue weighted by molar-refractivity contribution is 0.602. The summed E-state index contributed by atoms with van der Waals surface area (Å²) in [5, 5.41) is 3.83. The van der Waals surface area contributed by atoms with Crippen LogP contribution in [0.25, 0.3) is 10.6 Å². The Bertz CT molecular complexity index is 949. The van der Waals surface area contributed by atoms with Crippen molar-refractivity contribution in [2.45, 2.75) is 11.8 Å². The predicted octanol–water partition coefficient (Wildman–Crippen LogP) is 3.66. The highest BCUT2D eigenvalue weighted by molar-refractivity contribution is 7.90. The second kappa shape index (κ2) is 6.10. The Hall–Kier alpha value is -2.25. The number of thiazole rings is 1. The van der Waals surface area contributed by atoms with Crippen LogP contribution >= 0.6 is 11.3 Å². The molecule has 3 rings (SSSR count). The van der Waals surface area contributed by atoms with Gasteiger partial charge in [0.25, 0.3) is 0 Å². The van der Waals surface area contributed by atoms with E-state index >= 15 is 0 Å². The van der Waals surface area contributed by atoms with Crippen LogP contribution in [0.5, 0.6) is 0 Å². The lowest BCUT2D eigenvalue weighted by atomic mass is 10.2. The minimum absolute atomic E-state index is 0.277. The molecule has 0 saturated heterocycles. The molecule has 0 aliphatic rings. The molecule has 0 amide bonds. The second-order valence-electron chi connectivity index (χ2n) is 5.17. The van der Waals surface area contributed by atoms with E-state index in [-0.39, 0.29) is 4.90 Å². The molecule has 0 fully saturated rings. The van der Waals surface area contributed by atoms with E-state index in [9.17, 15) is 8.42 Å². The number of rotatable bonds is 4. The number of benzene rings is 1. The zero-order chi connectivity index (χ0) is 16.4. The third-order valence-corrected chi connectivity index (χ3v) is 5.23. The Morgan fingerprint density at radius 1 is 1.13 bits per heavy atom. The van der Waals surface area contributed by atoms with Gasteiger partial charge in [-0.1, -0.05) is 17.4 Å². The van der Waals surface area contributed by atoms with Crippen molar-refractivity contribution in [2.75, 3.05) is 11.6 Å². The van der Waals surface area contributed by atoms with Crippen molar-refractivity contribution in [3.05, 3.63) is 54.4 Å². The molecule has 1 N–H and O–H groups in total. The van der Waals surface area contributed by atoms with Crippen LogP contribution in [-0.4, -0.2) is 24.6 Å². The summed E-state index contributed by atoms with van der Waals surface area (Å²) < 4.78 is 23.2. The molecule has 0 unspecified atom stereocenters. The van der Waals surface area contributed by atoms with Gasteiger partial charge in [0.05, 0.1) is 15.5 Å². The molecule has 2 aromatic heterocycles. The van der Waals surface area contributed by atoms with Crippen LogP contribution in [0.3, 0.4) is 0 Å². The molecule has 0 bridgehead atoms. The second-order valence-corrected chi connectivity index (χ2v) is 8.22. The van der Waals surface area contributed by atoms with Crippen LogP contribution in [0.1, 0.15) is 5.56 Å². The SMILES string of the molecule is Cc1ccnc(-c2cnc(Nc3cccc(S(C)(=O)=O)c3)s2)c1. The normalized spacial score (nSPS) is 11.4. The zero-order valence-corrected chi connectivity index (χ0v) is 14.3. The lowest BCUT2D eigenvalue weighted by Gasteiger charge is -2.04. The number of hydrogen-bond donors (Lipinski definition) is 1. The molecule has 118 valence electrons. The number of anilines is 2. The van der Waals surface area contributed by atoms with Gasteiger partial charge in [-0.15, -0.1) is 0 Å². The maximum atomic E-state index is 11.6. The van der Waals surface area contributed by atoms with Crippen LogP contribution < -0.4 is 5.32 Å². The molecule has 0 aliphatic heterocycles. The van der Waals surface area contributed by atoms with Crippen molar-refractivity contribution >= 4 is 32.0 Å². The van der Waals surface area contributed by atoms with Gasteiger partial charge in [-0.2, -0.15) is 0 Å². The molecule has 0 aliphatic carbocycles. The first-order valence-corrected chi connectivity index (χ1v) is 9.58. The zero-order valence-electron chi connectivity index (χ0n) is 12.6. The van der Waals surface area contributed by atoms with Crippen LogP contribution in [0, 0.1) is 6.92 Å². The molecule has 7 heteroatoms. The van der Waals surface area contributed by atoms with Crippen LogP contribution in [0.15, 0.2) is 53.7 Å². The minimum Gasteiger partial charge on any atom is -0.331 e. The van der Waals surface area contributed by atoms with E-state index in [0.717, 1.165) is 16.1 Å². The Kier molecular flexibility index (Phi) is 4.14. The van der Waals surface area contributed by atoms with Gasteiger partial charge >= 0.3 is 0 Å². The molecule has 0 saturated carbocycles. The first-order valence-electron chi connectivity index (χ1n) is 6.88. The van der Waals surface area contributed by atoms with Gasteiger partial charge in [0.15, 0.2) is 15.0 Å². The van der Waals surface area contributed by atoms with E-state index in [0.29, 0.717) is 10.8 Å². The summed E-state index contributed by atoms with van der Waals surface area (Å²) in [7, 11) is -3.23. The van der Waals surface area contributed by atoms with Crippen LogP contribution in [-0.2, 0) is 9.84 Å². The van der Waals surface area contributed by atoms with Gasteiger partial charge in [-0.25, -0.2) is 13.4 Å². The molecule has 0 radical (unpaired) electrons. The molecule has 0 spiro atoms. The van der Waals surface area contributed by atoms with Crippen molar-refractivity contribution in [3.63, 3.8) is 0 Å². The quantitative estimate of drug-likeness (QED) is 0.781. The third-order valence-electron chi connectivity index (χ3n) is 3.19. The Morgan fingerprint density at radius 3 is 2.70 bits per heavy atom. The number of aryl methyl sites for hydroxylation is 1. The van der Waals surface area contributed by atoms with Crippen LogP contribution in [0.4, 0.5) is 10.8 Å². The topological polar surface area (TPSA) is 72.0 Å². The van der Waals surface area contributed by atoms with Gasteiger partial charge in [0, 0.05) is 24.3 Å². The Balaban J connectivity index is 1.85. The largest absolute Gasteiger partial charge is 0.331 e.